The molecule has 16 heavy (non-hydrogen) atoms. The van der Waals surface area contributed by atoms with Crippen LogP contribution in [0.2, 0.25) is 0 Å². The van der Waals surface area contributed by atoms with E-state index in [0.29, 0.717) is 6.42 Å². The number of aromatic nitrogens is 2. The second kappa shape index (κ2) is 3.30. The van der Waals surface area contributed by atoms with Gasteiger partial charge in [-0.3, -0.25) is 4.79 Å². The van der Waals surface area contributed by atoms with E-state index in [1.807, 2.05) is 16.8 Å². The molecule has 1 aliphatic carbocycles. The van der Waals surface area contributed by atoms with Gasteiger partial charge in [0.1, 0.15) is 0 Å². The van der Waals surface area contributed by atoms with Crippen molar-refractivity contribution in [3.63, 3.8) is 0 Å². The van der Waals surface area contributed by atoms with E-state index in [9.17, 15) is 4.79 Å². The number of ketones is 1. The Morgan fingerprint density at radius 3 is 2.69 bits per heavy atom. The van der Waals surface area contributed by atoms with Crippen LogP contribution >= 0.6 is 0 Å². The molecule has 0 N–H and O–H groups in total. The summed E-state index contributed by atoms with van der Waals surface area (Å²) in [5, 5.41) is 4.28. The number of rotatable bonds is 1. The highest BCUT2D eigenvalue weighted by molar-refractivity contribution is 5.99. The Balaban J connectivity index is 2.11. The molecule has 3 nitrogen and oxygen atoms in total. The fraction of sp³-hybridized carbons (Fsp3) is 0.231. The molecule has 1 heterocycles. The quantitative estimate of drug-likeness (QED) is 0.727. The Morgan fingerprint density at radius 2 is 1.94 bits per heavy atom. The summed E-state index contributed by atoms with van der Waals surface area (Å²) < 4.78 is 1.87. The number of carbonyl (C=O) groups is 1. The fourth-order valence-electron chi connectivity index (χ4n) is 2.12. The van der Waals surface area contributed by atoms with Gasteiger partial charge in [0.15, 0.2) is 5.78 Å². The Hall–Kier alpha value is -1.90. The van der Waals surface area contributed by atoms with Gasteiger partial charge in [0, 0.05) is 6.42 Å². The molecule has 1 aromatic carbocycles. The zero-order chi connectivity index (χ0) is 11.1. The van der Waals surface area contributed by atoms with Crippen LogP contribution in [0.4, 0.5) is 0 Å². The van der Waals surface area contributed by atoms with Crippen molar-refractivity contribution >= 4 is 5.78 Å². The van der Waals surface area contributed by atoms with E-state index < -0.39 is 0 Å². The van der Waals surface area contributed by atoms with E-state index in [4.69, 9.17) is 0 Å². The first-order valence-electron chi connectivity index (χ1n) is 5.43. The highest BCUT2D eigenvalue weighted by Gasteiger charge is 2.24. The van der Waals surface area contributed by atoms with Crippen molar-refractivity contribution < 1.29 is 4.79 Å². The summed E-state index contributed by atoms with van der Waals surface area (Å²) in [7, 11) is 0. The van der Waals surface area contributed by atoms with Crippen LogP contribution < -0.4 is 0 Å². The Kier molecular flexibility index (Phi) is 1.93. The van der Waals surface area contributed by atoms with Crippen molar-refractivity contribution in [3.8, 4) is 5.69 Å². The highest BCUT2D eigenvalue weighted by Crippen LogP contribution is 2.24. The van der Waals surface area contributed by atoms with Crippen LogP contribution in [-0.2, 0) is 6.42 Å². The second-order valence-corrected chi connectivity index (χ2v) is 4.18. The molecule has 0 aliphatic heterocycles. The van der Waals surface area contributed by atoms with Gasteiger partial charge in [-0.2, -0.15) is 5.10 Å². The minimum Gasteiger partial charge on any atom is -0.294 e. The van der Waals surface area contributed by atoms with Gasteiger partial charge in [0.05, 0.1) is 23.1 Å². The Labute approximate surface area is 93.7 Å². The number of carbonyl (C=O) groups excluding carboxylic acids is 1. The third kappa shape index (κ3) is 1.28. The van der Waals surface area contributed by atoms with Crippen LogP contribution in [-0.4, -0.2) is 15.6 Å². The molecule has 0 spiro atoms. The van der Waals surface area contributed by atoms with E-state index in [1.165, 1.54) is 5.56 Å². The van der Waals surface area contributed by atoms with Crippen molar-refractivity contribution in [1.29, 1.82) is 0 Å². The third-order valence-corrected chi connectivity index (χ3v) is 3.04. The van der Waals surface area contributed by atoms with Crippen LogP contribution in [0.1, 0.15) is 28.0 Å². The molecule has 80 valence electrons. The summed E-state index contributed by atoms with van der Waals surface area (Å²) in [6.45, 7) is 2.06. The molecule has 0 unspecified atom stereocenters. The largest absolute Gasteiger partial charge is 0.294 e. The SMILES string of the molecule is Cc1ccc(-n2ncc3c2CCC3=O)cc1. The molecular formula is C13H12N2O. The van der Waals surface area contributed by atoms with E-state index in [0.717, 1.165) is 23.4 Å². The number of nitrogens with zero attached hydrogens (tertiary/aromatic N) is 2. The number of fused-ring (bicyclic) bond motifs is 1. The lowest BCUT2D eigenvalue weighted by molar-refractivity contribution is 0.0994. The monoisotopic (exact) mass is 212 g/mol. The molecule has 1 aliphatic rings. The molecule has 0 radical (unpaired) electrons. The third-order valence-electron chi connectivity index (χ3n) is 3.04. The summed E-state index contributed by atoms with van der Waals surface area (Å²) >= 11 is 0. The zero-order valence-electron chi connectivity index (χ0n) is 9.10. The summed E-state index contributed by atoms with van der Waals surface area (Å²) in [5.41, 5.74) is 4.10. The standard InChI is InChI=1S/C13H12N2O/c1-9-2-4-10(5-3-9)15-12-6-7-13(16)11(12)8-14-15/h2-5,8H,6-7H2,1H3. The molecule has 0 saturated heterocycles. The second-order valence-electron chi connectivity index (χ2n) is 4.18. The van der Waals surface area contributed by atoms with Crippen molar-refractivity contribution in [2.24, 2.45) is 0 Å². The molecule has 0 atom stereocenters. The first kappa shape index (κ1) is 9.33. The molecular weight excluding hydrogens is 200 g/mol. The van der Waals surface area contributed by atoms with Gasteiger partial charge >= 0.3 is 0 Å². The lowest BCUT2D eigenvalue weighted by Crippen LogP contribution is -2.00. The molecule has 3 rings (SSSR count). The number of aryl methyl sites for hydroxylation is 1. The van der Waals surface area contributed by atoms with Crippen molar-refractivity contribution in [3.05, 3.63) is 47.3 Å². The van der Waals surface area contributed by atoms with E-state index in [1.54, 1.807) is 6.20 Å². The zero-order valence-corrected chi connectivity index (χ0v) is 9.10. The fourth-order valence-corrected chi connectivity index (χ4v) is 2.12. The predicted molar refractivity (Wildman–Crippen MR) is 61.0 cm³/mol. The Morgan fingerprint density at radius 1 is 1.19 bits per heavy atom. The van der Waals surface area contributed by atoms with E-state index in [-0.39, 0.29) is 5.78 Å². The lowest BCUT2D eigenvalue weighted by atomic mass is 10.2. The molecule has 1 aromatic heterocycles. The molecule has 0 saturated carbocycles. The Bertz CT molecular complexity index is 552. The van der Waals surface area contributed by atoms with Crippen molar-refractivity contribution in [2.75, 3.05) is 0 Å². The summed E-state index contributed by atoms with van der Waals surface area (Å²) in [6, 6.07) is 8.18. The van der Waals surface area contributed by atoms with Gasteiger partial charge in [-0.1, -0.05) is 17.7 Å². The average molecular weight is 212 g/mol. The van der Waals surface area contributed by atoms with Crippen LogP contribution in [0.25, 0.3) is 5.69 Å². The predicted octanol–water partition coefficient (Wildman–Crippen LogP) is 2.31. The first-order valence-corrected chi connectivity index (χ1v) is 5.43. The maximum Gasteiger partial charge on any atom is 0.166 e. The van der Waals surface area contributed by atoms with Crippen LogP contribution in [0.3, 0.4) is 0 Å². The van der Waals surface area contributed by atoms with Crippen LogP contribution in [0.15, 0.2) is 30.5 Å². The van der Waals surface area contributed by atoms with Gasteiger partial charge < -0.3 is 0 Å². The minimum absolute atomic E-state index is 0.216. The highest BCUT2D eigenvalue weighted by atomic mass is 16.1. The molecule has 0 amide bonds. The van der Waals surface area contributed by atoms with Gasteiger partial charge in [-0.05, 0) is 25.5 Å². The molecule has 0 bridgehead atoms. The summed E-state index contributed by atoms with van der Waals surface area (Å²) in [4.78, 5) is 11.5. The number of hydrogen-bond acceptors (Lipinski definition) is 2. The van der Waals surface area contributed by atoms with Gasteiger partial charge in [-0.25, -0.2) is 4.68 Å². The minimum atomic E-state index is 0.216. The molecule has 0 fully saturated rings. The summed E-state index contributed by atoms with van der Waals surface area (Å²) in [6.07, 6.45) is 3.12. The van der Waals surface area contributed by atoms with Gasteiger partial charge in [-0.15, -0.1) is 0 Å². The van der Waals surface area contributed by atoms with Crippen LogP contribution in [0.5, 0.6) is 0 Å². The molecule has 3 heteroatoms. The van der Waals surface area contributed by atoms with Crippen molar-refractivity contribution in [2.45, 2.75) is 19.8 Å². The van der Waals surface area contributed by atoms with E-state index in [2.05, 4.69) is 24.2 Å². The average Bonchev–Trinajstić information content (AvgIpc) is 2.84. The first-order chi connectivity index (χ1) is 7.75. The van der Waals surface area contributed by atoms with Crippen LogP contribution in [0, 0.1) is 6.92 Å². The number of Topliss-reactive ketones (excluding diaryl/α,β-unsaturated/α-hetero) is 1. The van der Waals surface area contributed by atoms with Gasteiger partial charge in [0.25, 0.3) is 0 Å². The number of hydrogen-bond donors (Lipinski definition) is 0. The van der Waals surface area contributed by atoms with E-state index >= 15 is 0 Å². The smallest absolute Gasteiger partial charge is 0.166 e. The molecule has 2 aromatic rings. The van der Waals surface area contributed by atoms with Gasteiger partial charge in [0.2, 0.25) is 0 Å². The van der Waals surface area contributed by atoms with Crippen molar-refractivity contribution in [1.82, 2.24) is 9.78 Å². The number of benzene rings is 1. The lowest BCUT2D eigenvalue weighted by Gasteiger charge is -2.05. The maximum atomic E-state index is 11.5. The topological polar surface area (TPSA) is 34.9 Å². The normalized spacial score (nSPS) is 14.2. The summed E-state index contributed by atoms with van der Waals surface area (Å²) in [5.74, 6) is 0.216. The maximum absolute atomic E-state index is 11.5.